The Labute approximate surface area is 390 Å². The van der Waals surface area contributed by atoms with Gasteiger partial charge in [0.25, 0.3) is 21.6 Å². The number of hydrogen-bond donors (Lipinski definition) is 3. The van der Waals surface area contributed by atoms with Crippen LogP contribution in [0.15, 0.2) is 89.5 Å². The first kappa shape index (κ1) is 45.5. The number of benzene rings is 3. The van der Waals surface area contributed by atoms with Gasteiger partial charge in [-0.3, -0.25) is 19.8 Å². The molecule has 9 rings (SSSR count). The number of piperazine rings is 1. The predicted octanol–water partition coefficient (Wildman–Crippen LogP) is 9.18. The lowest BCUT2D eigenvalue weighted by Crippen LogP contribution is -2.47. The van der Waals surface area contributed by atoms with Gasteiger partial charge in [-0.2, -0.15) is 4.98 Å². The second-order valence-corrected chi connectivity index (χ2v) is 20.9. The Morgan fingerprint density at radius 1 is 0.970 bits per heavy atom. The lowest BCUT2D eigenvalue weighted by Gasteiger charge is -2.39. The summed E-state index contributed by atoms with van der Waals surface area (Å²) in [4.78, 5) is 40.4. The fourth-order valence-corrected chi connectivity index (χ4v) is 10.7. The molecule has 3 aliphatic heterocycles. The Hall–Kier alpha value is -5.68. The summed E-state index contributed by atoms with van der Waals surface area (Å²) in [7, 11) is -4.57. The van der Waals surface area contributed by atoms with Gasteiger partial charge in [0, 0.05) is 93.8 Å². The number of halogens is 1. The maximum absolute atomic E-state index is 14.4. The van der Waals surface area contributed by atoms with E-state index in [4.69, 9.17) is 26.1 Å². The standard InChI is InChI=1S/C49H57ClN8O7S/c1-32-14-19-57(45-26-35-13-18-51-46(35)53-48(45)65-32)43-27-38(56-22-20-55(21-23-56)31-36-12-17-49(2,3)29-41(36)34-4-6-37(50)7-5-34)8-10-40(43)47(59)54-66(62,63)39-9-11-42(44(28-39)58(60)61)52-30-33-15-24-64-25-16-33/h4-11,13,18,26-28,32-33,52H,12,14-17,19-25,29-31H2,1-3H3,(H,51,53)(H,54,59)/t32-/m0/s1. The zero-order valence-electron chi connectivity index (χ0n) is 37.6. The summed E-state index contributed by atoms with van der Waals surface area (Å²) in [5.74, 6) is -0.209. The molecule has 3 aromatic carbocycles. The number of H-pyrrole nitrogens is 1. The van der Waals surface area contributed by atoms with Crippen LogP contribution in [0.25, 0.3) is 16.6 Å². The number of nitro benzene ring substituents is 1. The molecule has 0 spiro atoms. The molecule has 5 heterocycles. The Morgan fingerprint density at radius 2 is 1.74 bits per heavy atom. The molecule has 0 bridgehead atoms. The fraction of sp³-hybridized carbons (Fsp3) is 0.429. The average molecular weight is 938 g/mol. The molecule has 66 heavy (non-hydrogen) atoms. The number of hydrogen-bond acceptors (Lipinski definition) is 12. The van der Waals surface area contributed by atoms with E-state index in [1.165, 1.54) is 28.8 Å². The summed E-state index contributed by atoms with van der Waals surface area (Å²) in [6.07, 6.45) is 7.05. The molecule has 2 saturated heterocycles. The Kier molecular flexibility index (Phi) is 13.0. The summed E-state index contributed by atoms with van der Waals surface area (Å²) in [5, 5.41) is 16.9. The fourth-order valence-electron chi connectivity index (χ4n) is 9.61. The first-order valence-electron chi connectivity index (χ1n) is 22.9. The number of anilines is 4. The van der Waals surface area contributed by atoms with Crippen LogP contribution in [0.3, 0.4) is 0 Å². The van der Waals surface area contributed by atoms with E-state index in [0.717, 1.165) is 87.0 Å². The minimum Gasteiger partial charge on any atom is -0.473 e. The summed E-state index contributed by atoms with van der Waals surface area (Å²) in [5.41, 5.74) is 6.95. The molecule has 1 aliphatic carbocycles. The lowest BCUT2D eigenvalue weighted by molar-refractivity contribution is -0.384. The van der Waals surface area contributed by atoms with Crippen LogP contribution in [0.1, 0.15) is 75.2 Å². The molecule has 17 heteroatoms. The number of amides is 1. The topological polar surface area (TPSA) is 175 Å². The Balaban J connectivity index is 0.996. The number of ether oxygens (including phenoxy) is 2. The first-order chi connectivity index (χ1) is 31.7. The maximum Gasteiger partial charge on any atom is 0.293 e. The molecule has 1 amide bonds. The van der Waals surface area contributed by atoms with Gasteiger partial charge in [-0.25, -0.2) is 13.1 Å². The van der Waals surface area contributed by atoms with Gasteiger partial charge >= 0.3 is 0 Å². The number of aromatic amines is 1. The van der Waals surface area contributed by atoms with E-state index in [-0.39, 0.29) is 28.7 Å². The van der Waals surface area contributed by atoms with E-state index in [1.54, 1.807) is 12.3 Å². The van der Waals surface area contributed by atoms with Gasteiger partial charge in [0.05, 0.1) is 27.2 Å². The van der Waals surface area contributed by atoms with E-state index in [2.05, 4.69) is 50.8 Å². The molecule has 2 aromatic heterocycles. The van der Waals surface area contributed by atoms with Gasteiger partial charge in [0.1, 0.15) is 17.0 Å². The molecule has 5 aromatic rings. The molecule has 0 unspecified atom stereocenters. The quantitative estimate of drug-likeness (QED) is 0.0801. The Bertz CT molecular complexity index is 2760. The number of nitrogens with zero attached hydrogens (tertiary/aromatic N) is 5. The molecular formula is C49H57ClN8O7S. The highest BCUT2D eigenvalue weighted by molar-refractivity contribution is 7.90. The van der Waals surface area contributed by atoms with Crippen molar-refractivity contribution in [3.8, 4) is 5.88 Å². The molecule has 1 atom stereocenters. The van der Waals surface area contributed by atoms with Crippen LogP contribution in [0.2, 0.25) is 5.02 Å². The third kappa shape index (κ3) is 10.0. The highest BCUT2D eigenvalue weighted by Gasteiger charge is 2.33. The van der Waals surface area contributed by atoms with E-state index >= 15 is 0 Å². The third-order valence-corrected chi connectivity index (χ3v) is 15.1. The van der Waals surface area contributed by atoms with Gasteiger partial charge in [0.2, 0.25) is 5.88 Å². The van der Waals surface area contributed by atoms with Crippen LogP contribution in [0.5, 0.6) is 5.88 Å². The number of nitro groups is 1. The number of allylic oxidation sites excluding steroid dienone is 1. The van der Waals surface area contributed by atoms with Crippen LogP contribution in [0.4, 0.5) is 28.4 Å². The van der Waals surface area contributed by atoms with Crippen molar-refractivity contribution in [3.05, 3.63) is 111 Å². The van der Waals surface area contributed by atoms with Gasteiger partial charge in [-0.15, -0.1) is 0 Å². The van der Waals surface area contributed by atoms with E-state index < -0.39 is 31.4 Å². The zero-order chi connectivity index (χ0) is 46.2. The van der Waals surface area contributed by atoms with E-state index in [1.807, 2.05) is 48.2 Å². The number of pyridine rings is 1. The monoisotopic (exact) mass is 936 g/mol. The van der Waals surface area contributed by atoms with Crippen molar-refractivity contribution in [2.75, 3.05) is 74.1 Å². The van der Waals surface area contributed by atoms with Crippen molar-refractivity contribution in [3.63, 3.8) is 0 Å². The highest BCUT2D eigenvalue weighted by Crippen LogP contribution is 2.44. The SMILES string of the molecule is C[C@H]1CCN(c2cc(N3CCN(CC4=C(c5ccc(Cl)cc5)CC(C)(C)CC4)CC3)ccc2C(=O)NS(=O)(=O)c2ccc(NCC3CCOCC3)c([N+](=O)[O-])c2)c2cc3cc[nH]c3nc2O1. The molecule has 3 N–H and O–H groups in total. The van der Waals surface area contributed by atoms with Crippen LogP contribution < -0.4 is 24.6 Å². The smallest absolute Gasteiger partial charge is 0.293 e. The molecule has 0 radical (unpaired) electrons. The Morgan fingerprint density at radius 3 is 2.50 bits per heavy atom. The number of aromatic nitrogens is 2. The predicted molar refractivity (Wildman–Crippen MR) is 259 cm³/mol. The van der Waals surface area contributed by atoms with Gasteiger partial charge in [0.15, 0.2) is 0 Å². The van der Waals surface area contributed by atoms with E-state index in [0.29, 0.717) is 55.6 Å². The maximum atomic E-state index is 14.4. The molecule has 15 nitrogen and oxygen atoms in total. The molecular weight excluding hydrogens is 880 g/mol. The van der Waals surface area contributed by atoms with Crippen molar-refractivity contribution in [2.45, 2.75) is 70.3 Å². The average Bonchev–Trinajstić information content (AvgIpc) is 3.70. The first-order valence-corrected chi connectivity index (χ1v) is 24.7. The summed E-state index contributed by atoms with van der Waals surface area (Å²) >= 11 is 6.28. The largest absolute Gasteiger partial charge is 0.473 e. The van der Waals surface area contributed by atoms with Gasteiger partial charge in [-0.1, -0.05) is 43.2 Å². The van der Waals surface area contributed by atoms with Crippen molar-refractivity contribution < 1.29 is 27.6 Å². The number of fused-ring (bicyclic) bond motifs is 2. The van der Waals surface area contributed by atoms with Gasteiger partial charge < -0.3 is 29.6 Å². The zero-order valence-corrected chi connectivity index (χ0v) is 39.2. The summed E-state index contributed by atoms with van der Waals surface area (Å²) in [6.45, 7) is 12.9. The van der Waals surface area contributed by atoms with Crippen LogP contribution in [-0.4, -0.2) is 99.2 Å². The molecule has 4 aliphatic rings. The summed E-state index contributed by atoms with van der Waals surface area (Å²) in [6, 6.07) is 21.2. The number of sulfonamides is 1. The number of nitrogens with one attached hydrogen (secondary N) is 3. The van der Waals surface area contributed by atoms with Gasteiger partial charge in [-0.05, 0) is 116 Å². The van der Waals surface area contributed by atoms with E-state index in [9.17, 15) is 23.3 Å². The third-order valence-electron chi connectivity index (χ3n) is 13.5. The number of carbonyl (C=O) groups is 1. The number of carbonyl (C=O) groups excluding carboxylic acids is 1. The minimum atomic E-state index is -4.57. The number of rotatable bonds is 12. The van der Waals surface area contributed by atoms with Crippen LogP contribution in [0, 0.1) is 21.4 Å². The van der Waals surface area contributed by atoms with Crippen LogP contribution in [-0.2, 0) is 14.8 Å². The second kappa shape index (κ2) is 18.9. The molecule has 0 saturated carbocycles. The molecule has 348 valence electrons. The van der Waals surface area contributed by atoms with Crippen molar-refractivity contribution in [1.82, 2.24) is 19.6 Å². The van der Waals surface area contributed by atoms with Crippen molar-refractivity contribution >= 4 is 72.6 Å². The summed E-state index contributed by atoms with van der Waals surface area (Å²) < 4.78 is 42.0. The lowest BCUT2D eigenvalue weighted by atomic mass is 9.72. The highest BCUT2D eigenvalue weighted by atomic mass is 35.5. The van der Waals surface area contributed by atoms with Crippen molar-refractivity contribution in [1.29, 1.82) is 0 Å². The van der Waals surface area contributed by atoms with Crippen molar-refractivity contribution in [2.24, 2.45) is 11.3 Å². The minimum absolute atomic E-state index is 0.113. The van der Waals surface area contributed by atoms with Crippen LogP contribution >= 0.6 is 11.6 Å². The normalized spacial score (nSPS) is 19.5. The second-order valence-electron chi connectivity index (χ2n) is 18.8. The molecule has 2 fully saturated rings.